The molecule has 1 spiro atoms. The number of piperidine rings is 1. The zero-order chi connectivity index (χ0) is 18.7. The molecule has 3 heterocycles. The lowest BCUT2D eigenvalue weighted by atomic mass is 9.91. The van der Waals surface area contributed by atoms with Gasteiger partial charge in [0.05, 0.1) is 6.54 Å². The second-order valence-corrected chi connectivity index (χ2v) is 8.26. The quantitative estimate of drug-likeness (QED) is 0.745. The lowest BCUT2D eigenvalue weighted by Crippen LogP contribution is -2.47. The number of furan rings is 1. The number of nitrogens with zero attached hydrogens (tertiary/aromatic N) is 3. The van der Waals surface area contributed by atoms with Crippen LogP contribution in [0.5, 0.6) is 0 Å². The Kier molecular flexibility index (Phi) is 5.92. The van der Waals surface area contributed by atoms with Gasteiger partial charge in [0.2, 0.25) is 0 Å². The third-order valence-electron chi connectivity index (χ3n) is 5.75. The zero-order valence-electron chi connectivity index (χ0n) is 16.7. The van der Waals surface area contributed by atoms with Gasteiger partial charge < -0.3 is 23.9 Å². The molecule has 1 aromatic rings. The fourth-order valence-corrected chi connectivity index (χ4v) is 3.87. The lowest BCUT2D eigenvalue weighted by Gasteiger charge is -2.37. The third kappa shape index (κ3) is 4.60. The van der Waals surface area contributed by atoms with Crippen LogP contribution in [0.1, 0.15) is 43.6 Å². The highest BCUT2D eigenvalue weighted by molar-refractivity contribution is 5.70. The van der Waals surface area contributed by atoms with Crippen LogP contribution in [0.2, 0.25) is 0 Å². The molecule has 1 aromatic heterocycles. The first kappa shape index (κ1) is 19.2. The fourth-order valence-electron chi connectivity index (χ4n) is 3.87. The molecule has 0 aliphatic carbocycles. The predicted octanol–water partition coefficient (Wildman–Crippen LogP) is 2.93. The summed E-state index contributed by atoms with van der Waals surface area (Å²) in [6, 6.07) is 4.12. The molecule has 2 aliphatic heterocycles. The van der Waals surface area contributed by atoms with Crippen LogP contribution in [0, 0.1) is 6.92 Å². The van der Waals surface area contributed by atoms with Crippen molar-refractivity contribution >= 4 is 6.09 Å². The van der Waals surface area contributed by atoms with Crippen LogP contribution < -0.4 is 0 Å². The second-order valence-electron chi connectivity index (χ2n) is 8.26. The normalized spacial score (nSPS) is 21.6. The molecule has 2 aliphatic rings. The van der Waals surface area contributed by atoms with E-state index in [9.17, 15) is 4.79 Å². The van der Waals surface area contributed by atoms with Gasteiger partial charge in [0.1, 0.15) is 17.1 Å². The summed E-state index contributed by atoms with van der Waals surface area (Å²) >= 11 is 0. The molecular weight excluding hydrogens is 330 g/mol. The summed E-state index contributed by atoms with van der Waals surface area (Å²) < 4.78 is 11.5. The Morgan fingerprint density at radius 2 is 1.96 bits per heavy atom. The molecule has 2 saturated heterocycles. The van der Waals surface area contributed by atoms with E-state index in [2.05, 4.69) is 22.8 Å². The van der Waals surface area contributed by atoms with Crippen molar-refractivity contribution in [1.29, 1.82) is 0 Å². The highest BCUT2D eigenvalue weighted by Crippen LogP contribution is 2.33. The minimum absolute atomic E-state index is 0.137. The maximum absolute atomic E-state index is 12.2. The number of hydrogen-bond donors (Lipinski definition) is 0. The number of likely N-dealkylation sites (tertiary alicyclic amines) is 1. The van der Waals surface area contributed by atoms with Crippen LogP contribution in [-0.4, -0.2) is 79.8 Å². The van der Waals surface area contributed by atoms with Gasteiger partial charge in [0.25, 0.3) is 0 Å². The molecule has 6 nitrogen and oxygen atoms in total. The van der Waals surface area contributed by atoms with E-state index in [0.717, 1.165) is 70.1 Å². The lowest BCUT2D eigenvalue weighted by molar-refractivity contribution is 0.000149. The Labute approximate surface area is 157 Å². The van der Waals surface area contributed by atoms with E-state index in [1.54, 1.807) is 0 Å². The van der Waals surface area contributed by atoms with Crippen LogP contribution in [0.3, 0.4) is 0 Å². The Morgan fingerprint density at radius 1 is 1.23 bits per heavy atom. The fraction of sp³-hybridized carbons (Fsp3) is 0.750. The largest absolute Gasteiger partial charge is 0.466 e. The standard InChI is InChI=1S/C20H33N3O3/c1-16(18-6-5-17(2)25-18)7-10-22-11-8-20(9-12-22)15-23(19(24)26-20)14-13-21(3)4/h5-6,16H,7-15H2,1-4H3/t16-/m0/s1. The van der Waals surface area contributed by atoms with Gasteiger partial charge in [-0.2, -0.15) is 0 Å². The molecule has 0 aromatic carbocycles. The molecule has 26 heavy (non-hydrogen) atoms. The zero-order valence-corrected chi connectivity index (χ0v) is 16.7. The molecule has 0 N–H and O–H groups in total. The number of likely N-dealkylation sites (N-methyl/N-ethyl adjacent to an activating group) is 1. The van der Waals surface area contributed by atoms with Crippen LogP contribution in [0.4, 0.5) is 4.79 Å². The van der Waals surface area contributed by atoms with Gasteiger partial charge in [-0.3, -0.25) is 0 Å². The van der Waals surface area contributed by atoms with Gasteiger partial charge in [-0.25, -0.2) is 4.79 Å². The molecule has 2 fully saturated rings. The summed E-state index contributed by atoms with van der Waals surface area (Å²) in [5, 5.41) is 0. The number of amides is 1. The van der Waals surface area contributed by atoms with Crippen molar-refractivity contribution < 1.29 is 13.9 Å². The third-order valence-corrected chi connectivity index (χ3v) is 5.75. The Balaban J connectivity index is 1.43. The van der Waals surface area contributed by atoms with E-state index in [1.807, 2.05) is 32.0 Å². The number of hydrogen-bond acceptors (Lipinski definition) is 5. The van der Waals surface area contributed by atoms with Gasteiger partial charge in [-0.1, -0.05) is 6.92 Å². The average Bonchev–Trinajstić information content (AvgIpc) is 3.16. The van der Waals surface area contributed by atoms with E-state index in [1.165, 1.54) is 0 Å². The molecule has 146 valence electrons. The monoisotopic (exact) mass is 363 g/mol. The van der Waals surface area contributed by atoms with E-state index < -0.39 is 0 Å². The summed E-state index contributed by atoms with van der Waals surface area (Å²) in [5.41, 5.74) is -0.260. The summed E-state index contributed by atoms with van der Waals surface area (Å²) in [5.74, 6) is 2.50. The smallest absolute Gasteiger partial charge is 0.410 e. The molecule has 1 atom stereocenters. The first-order valence-corrected chi connectivity index (χ1v) is 9.78. The number of ether oxygens (including phenoxy) is 1. The first-order chi connectivity index (χ1) is 12.4. The van der Waals surface area contributed by atoms with Crippen molar-refractivity contribution in [3.63, 3.8) is 0 Å². The van der Waals surface area contributed by atoms with Crippen molar-refractivity contribution in [3.05, 3.63) is 23.7 Å². The highest BCUT2D eigenvalue weighted by atomic mass is 16.6. The van der Waals surface area contributed by atoms with Crippen LogP contribution in [0.15, 0.2) is 16.5 Å². The summed E-state index contributed by atoms with van der Waals surface area (Å²) in [6.07, 6.45) is 2.83. The maximum atomic E-state index is 12.2. The molecule has 0 bridgehead atoms. The van der Waals surface area contributed by atoms with E-state index >= 15 is 0 Å². The van der Waals surface area contributed by atoms with Gasteiger partial charge in [-0.05, 0) is 46.1 Å². The minimum Gasteiger partial charge on any atom is -0.466 e. The van der Waals surface area contributed by atoms with E-state index in [-0.39, 0.29) is 11.7 Å². The molecule has 0 radical (unpaired) electrons. The highest BCUT2D eigenvalue weighted by Gasteiger charge is 2.46. The van der Waals surface area contributed by atoms with Gasteiger partial charge in [-0.15, -0.1) is 0 Å². The SMILES string of the molecule is Cc1ccc([C@@H](C)CCN2CCC3(CC2)CN(CCN(C)C)C(=O)O3)o1. The minimum atomic E-state index is -0.260. The molecule has 3 rings (SSSR count). The predicted molar refractivity (Wildman–Crippen MR) is 101 cm³/mol. The first-order valence-electron chi connectivity index (χ1n) is 9.78. The Hall–Kier alpha value is -1.53. The van der Waals surface area contributed by atoms with Crippen molar-refractivity contribution in [2.24, 2.45) is 0 Å². The van der Waals surface area contributed by atoms with Crippen LogP contribution >= 0.6 is 0 Å². The van der Waals surface area contributed by atoms with Crippen molar-refractivity contribution in [3.8, 4) is 0 Å². The number of rotatable bonds is 7. The number of carbonyl (C=O) groups is 1. The Morgan fingerprint density at radius 3 is 2.58 bits per heavy atom. The molecule has 0 unspecified atom stereocenters. The molecule has 6 heteroatoms. The molecule has 0 saturated carbocycles. The van der Waals surface area contributed by atoms with E-state index in [0.29, 0.717) is 5.92 Å². The average molecular weight is 364 g/mol. The summed E-state index contributed by atoms with van der Waals surface area (Å²) in [7, 11) is 4.06. The van der Waals surface area contributed by atoms with E-state index in [4.69, 9.17) is 9.15 Å². The van der Waals surface area contributed by atoms with Crippen molar-refractivity contribution in [2.45, 2.75) is 44.6 Å². The van der Waals surface area contributed by atoms with Crippen LogP contribution in [-0.2, 0) is 4.74 Å². The van der Waals surface area contributed by atoms with Crippen LogP contribution in [0.25, 0.3) is 0 Å². The number of carbonyl (C=O) groups excluding carboxylic acids is 1. The van der Waals surface area contributed by atoms with Crippen molar-refractivity contribution in [1.82, 2.24) is 14.7 Å². The van der Waals surface area contributed by atoms with Gasteiger partial charge in [0, 0.05) is 44.9 Å². The molecule has 1 amide bonds. The molecular formula is C20H33N3O3. The van der Waals surface area contributed by atoms with Gasteiger partial charge in [0.15, 0.2) is 0 Å². The van der Waals surface area contributed by atoms with Gasteiger partial charge >= 0.3 is 6.09 Å². The number of aryl methyl sites for hydroxylation is 1. The Bertz CT molecular complexity index is 605. The maximum Gasteiger partial charge on any atom is 0.410 e. The second kappa shape index (κ2) is 8.01. The topological polar surface area (TPSA) is 49.2 Å². The van der Waals surface area contributed by atoms with Crippen molar-refractivity contribution in [2.75, 3.05) is 53.4 Å². The summed E-state index contributed by atoms with van der Waals surface area (Å²) in [6.45, 7) is 9.65. The summed E-state index contributed by atoms with van der Waals surface area (Å²) in [4.78, 5) is 18.6.